The Morgan fingerprint density at radius 1 is 0.958 bits per heavy atom. The summed E-state index contributed by atoms with van der Waals surface area (Å²) in [5.41, 5.74) is -3.08. The molecule has 0 aliphatic heterocycles. The van der Waals surface area contributed by atoms with E-state index in [1.54, 1.807) is 6.07 Å². The summed E-state index contributed by atoms with van der Waals surface area (Å²) in [6, 6.07) is 14.0. The van der Waals surface area contributed by atoms with Gasteiger partial charge in [0, 0.05) is 16.9 Å². The van der Waals surface area contributed by atoms with Gasteiger partial charge in [-0.1, -0.05) is 60.7 Å². The predicted molar refractivity (Wildman–Crippen MR) is 81.4 cm³/mol. The van der Waals surface area contributed by atoms with E-state index in [1.807, 2.05) is 0 Å². The lowest BCUT2D eigenvalue weighted by molar-refractivity contribution is -0.501. The average Bonchev–Trinajstić information content (AvgIpc) is 2.54. The molecule has 0 aliphatic carbocycles. The van der Waals surface area contributed by atoms with Gasteiger partial charge in [0.15, 0.2) is 11.2 Å². The van der Waals surface area contributed by atoms with E-state index in [0.29, 0.717) is 0 Å². The van der Waals surface area contributed by atoms with Gasteiger partial charge >= 0.3 is 6.18 Å². The second-order valence-corrected chi connectivity index (χ2v) is 5.40. The topological polar surface area (TPSA) is 60.2 Å². The van der Waals surface area contributed by atoms with Gasteiger partial charge in [-0.05, 0) is 5.56 Å². The summed E-state index contributed by atoms with van der Waals surface area (Å²) in [5.74, 6) is -0.793. The Labute approximate surface area is 136 Å². The van der Waals surface area contributed by atoms with E-state index in [-0.39, 0.29) is 11.1 Å². The summed E-state index contributed by atoms with van der Waals surface area (Å²) in [6.45, 7) is -1.40. The molecule has 1 atom stereocenters. The smallest absolute Gasteiger partial charge is 0.294 e. The summed E-state index contributed by atoms with van der Waals surface area (Å²) in [5, 5.41) is 10.9. The number of nitrogens with zero attached hydrogens (tertiary/aromatic N) is 1. The first-order chi connectivity index (χ1) is 11.3. The molecule has 24 heavy (non-hydrogen) atoms. The van der Waals surface area contributed by atoms with Crippen LogP contribution in [-0.2, 0) is 5.41 Å². The standard InChI is InChI=1S/C17H14F3NO3/c18-17(19,20)16(12-21(23)24,14-9-5-2-6-10-14)11-15(22)13-7-3-1-4-8-13/h1-10H,11-12H2. The number of halogens is 3. The number of nitro groups is 1. The maximum absolute atomic E-state index is 13.8. The van der Waals surface area contributed by atoms with E-state index in [1.165, 1.54) is 42.5 Å². The van der Waals surface area contributed by atoms with Gasteiger partial charge in [0.25, 0.3) is 0 Å². The first-order valence-electron chi connectivity index (χ1n) is 7.08. The molecule has 2 aromatic carbocycles. The van der Waals surface area contributed by atoms with Gasteiger partial charge in [0.05, 0.1) is 0 Å². The first-order valence-corrected chi connectivity index (χ1v) is 7.08. The lowest BCUT2D eigenvalue weighted by Gasteiger charge is -2.32. The fraction of sp³-hybridized carbons (Fsp3) is 0.235. The van der Waals surface area contributed by atoms with Gasteiger partial charge in [0.1, 0.15) is 0 Å². The van der Waals surface area contributed by atoms with Crippen LogP contribution in [-0.4, -0.2) is 23.4 Å². The van der Waals surface area contributed by atoms with Crippen molar-refractivity contribution < 1.29 is 22.9 Å². The van der Waals surface area contributed by atoms with Crippen LogP contribution in [0.25, 0.3) is 0 Å². The van der Waals surface area contributed by atoms with Crippen molar-refractivity contribution in [3.63, 3.8) is 0 Å². The maximum atomic E-state index is 13.8. The second-order valence-electron chi connectivity index (χ2n) is 5.40. The Kier molecular flexibility index (Phi) is 5.02. The van der Waals surface area contributed by atoms with Gasteiger partial charge in [-0.15, -0.1) is 0 Å². The molecule has 0 N–H and O–H groups in total. The number of hydrogen-bond acceptors (Lipinski definition) is 3. The number of rotatable bonds is 6. The largest absolute Gasteiger partial charge is 0.405 e. The van der Waals surface area contributed by atoms with Crippen LogP contribution in [0.3, 0.4) is 0 Å². The van der Waals surface area contributed by atoms with Gasteiger partial charge in [0.2, 0.25) is 6.54 Å². The molecule has 0 amide bonds. The molecular formula is C17H14F3NO3. The van der Waals surface area contributed by atoms with Crippen molar-refractivity contribution >= 4 is 5.78 Å². The van der Waals surface area contributed by atoms with Crippen molar-refractivity contribution in [2.75, 3.05) is 6.54 Å². The van der Waals surface area contributed by atoms with Crippen LogP contribution in [0.15, 0.2) is 60.7 Å². The van der Waals surface area contributed by atoms with E-state index >= 15 is 0 Å². The van der Waals surface area contributed by atoms with Crippen LogP contribution < -0.4 is 0 Å². The fourth-order valence-electron chi connectivity index (χ4n) is 2.58. The molecule has 4 nitrogen and oxygen atoms in total. The quantitative estimate of drug-likeness (QED) is 0.454. The molecule has 0 bridgehead atoms. The van der Waals surface area contributed by atoms with Crippen molar-refractivity contribution in [1.29, 1.82) is 0 Å². The van der Waals surface area contributed by atoms with Crippen LogP contribution in [0.1, 0.15) is 22.3 Å². The minimum atomic E-state index is -4.95. The Hall–Kier alpha value is -2.70. The predicted octanol–water partition coefficient (Wildman–Crippen LogP) is 4.04. The van der Waals surface area contributed by atoms with Gasteiger partial charge < -0.3 is 0 Å². The van der Waals surface area contributed by atoms with E-state index in [2.05, 4.69) is 0 Å². The average molecular weight is 337 g/mol. The van der Waals surface area contributed by atoms with E-state index in [0.717, 1.165) is 12.1 Å². The highest BCUT2D eigenvalue weighted by Crippen LogP contribution is 2.44. The van der Waals surface area contributed by atoms with Crippen LogP contribution in [0.4, 0.5) is 13.2 Å². The van der Waals surface area contributed by atoms with Crippen LogP contribution in [0.2, 0.25) is 0 Å². The number of Topliss-reactive ketones (excluding diaryl/α,β-unsaturated/α-hetero) is 1. The molecule has 0 fully saturated rings. The molecule has 1 unspecified atom stereocenters. The Balaban J connectivity index is 2.53. The minimum Gasteiger partial charge on any atom is -0.294 e. The van der Waals surface area contributed by atoms with Crippen LogP contribution in [0, 0.1) is 10.1 Å². The molecular weight excluding hydrogens is 323 g/mol. The third-order valence-electron chi connectivity index (χ3n) is 3.83. The number of ketones is 1. The van der Waals surface area contributed by atoms with Crippen molar-refractivity contribution in [2.24, 2.45) is 0 Å². The molecule has 0 radical (unpaired) electrons. The zero-order chi connectivity index (χ0) is 17.8. The van der Waals surface area contributed by atoms with Crippen molar-refractivity contribution in [2.45, 2.75) is 18.0 Å². The third kappa shape index (κ3) is 3.61. The van der Waals surface area contributed by atoms with Crippen molar-refractivity contribution in [3.05, 3.63) is 81.9 Å². The molecule has 126 valence electrons. The summed E-state index contributed by atoms with van der Waals surface area (Å²) in [4.78, 5) is 22.3. The molecule has 0 spiro atoms. The lowest BCUT2D eigenvalue weighted by Crippen LogP contribution is -2.49. The lowest BCUT2D eigenvalue weighted by atomic mass is 9.74. The van der Waals surface area contributed by atoms with Gasteiger partial charge in [-0.3, -0.25) is 14.9 Å². The van der Waals surface area contributed by atoms with Crippen LogP contribution >= 0.6 is 0 Å². The first kappa shape index (κ1) is 17.7. The number of alkyl halides is 3. The Bertz CT molecular complexity index is 717. The third-order valence-corrected chi connectivity index (χ3v) is 3.83. The fourth-order valence-corrected chi connectivity index (χ4v) is 2.58. The molecule has 0 aliphatic rings. The van der Waals surface area contributed by atoms with Gasteiger partial charge in [-0.2, -0.15) is 13.2 Å². The summed E-state index contributed by atoms with van der Waals surface area (Å²) < 4.78 is 41.5. The number of benzene rings is 2. The normalized spacial score (nSPS) is 14.0. The highest BCUT2D eigenvalue weighted by molar-refractivity contribution is 5.97. The number of carbonyl (C=O) groups excluding carboxylic acids is 1. The number of carbonyl (C=O) groups is 1. The molecule has 2 aromatic rings. The zero-order valence-electron chi connectivity index (χ0n) is 12.5. The van der Waals surface area contributed by atoms with Gasteiger partial charge in [-0.25, -0.2) is 0 Å². The van der Waals surface area contributed by atoms with Crippen molar-refractivity contribution in [3.8, 4) is 0 Å². The Morgan fingerprint density at radius 2 is 1.46 bits per heavy atom. The summed E-state index contributed by atoms with van der Waals surface area (Å²) in [6.07, 6.45) is -5.97. The highest BCUT2D eigenvalue weighted by Gasteiger charge is 2.60. The Morgan fingerprint density at radius 3 is 1.92 bits per heavy atom. The van der Waals surface area contributed by atoms with E-state index < -0.39 is 35.3 Å². The van der Waals surface area contributed by atoms with E-state index in [4.69, 9.17) is 0 Å². The second kappa shape index (κ2) is 6.82. The molecule has 7 heteroatoms. The molecule has 0 heterocycles. The zero-order valence-corrected chi connectivity index (χ0v) is 12.5. The molecule has 0 aromatic heterocycles. The summed E-state index contributed by atoms with van der Waals surface area (Å²) >= 11 is 0. The summed E-state index contributed by atoms with van der Waals surface area (Å²) in [7, 11) is 0. The maximum Gasteiger partial charge on any atom is 0.405 e. The van der Waals surface area contributed by atoms with E-state index in [9.17, 15) is 28.1 Å². The number of hydrogen-bond donors (Lipinski definition) is 0. The monoisotopic (exact) mass is 337 g/mol. The van der Waals surface area contributed by atoms with Crippen LogP contribution in [0.5, 0.6) is 0 Å². The minimum absolute atomic E-state index is 0.0883. The highest BCUT2D eigenvalue weighted by atomic mass is 19.4. The van der Waals surface area contributed by atoms with Crippen molar-refractivity contribution in [1.82, 2.24) is 0 Å². The molecule has 2 rings (SSSR count). The molecule has 0 saturated heterocycles. The SMILES string of the molecule is O=C(CC(C[N+](=O)[O-])(c1ccccc1)C(F)(F)F)c1ccccc1. The molecule has 0 saturated carbocycles.